The van der Waals surface area contributed by atoms with Crippen molar-refractivity contribution in [3.05, 3.63) is 54.3 Å². The predicted molar refractivity (Wildman–Crippen MR) is 92.9 cm³/mol. The Morgan fingerprint density at radius 2 is 1.38 bits per heavy atom. The molecule has 2 amide bonds. The van der Waals surface area contributed by atoms with Crippen molar-refractivity contribution in [2.75, 3.05) is 29.2 Å². The number of urea groups is 1. The Morgan fingerprint density at radius 3 is 1.96 bits per heavy atom. The molecule has 0 unspecified atom stereocenters. The van der Waals surface area contributed by atoms with Crippen molar-refractivity contribution >= 4 is 23.1 Å². The summed E-state index contributed by atoms with van der Waals surface area (Å²) in [6, 6.07) is 13.2. The van der Waals surface area contributed by atoms with Gasteiger partial charge in [0, 0.05) is 36.3 Å². The van der Waals surface area contributed by atoms with Gasteiger partial charge in [-0.15, -0.1) is 0 Å². The largest absolute Gasteiger partial charge is 0.382 e. The fraction of sp³-hybridized carbons (Fsp3) is 0.278. The van der Waals surface area contributed by atoms with Crippen LogP contribution in [0, 0.1) is 5.82 Å². The molecule has 5 nitrogen and oxygen atoms in total. The van der Waals surface area contributed by atoms with E-state index in [4.69, 9.17) is 4.74 Å². The van der Waals surface area contributed by atoms with Crippen LogP contribution in [-0.2, 0) is 4.74 Å². The second kappa shape index (κ2) is 7.79. The minimum Gasteiger partial charge on any atom is -0.382 e. The SMILES string of the molecule is O=C(Nc1ccc(F)cc1)Nc1ccc(NC2CCOCC2)cc1. The number of rotatable bonds is 4. The second-order valence-corrected chi connectivity index (χ2v) is 5.69. The molecule has 0 aliphatic carbocycles. The number of nitrogens with one attached hydrogen (secondary N) is 3. The van der Waals surface area contributed by atoms with Crippen molar-refractivity contribution in [3.63, 3.8) is 0 Å². The molecule has 3 rings (SSSR count). The second-order valence-electron chi connectivity index (χ2n) is 5.69. The number of anilines is 3. The average Bonchev–Trinajstić information content (AvgIpc) is 2.60. The van der Waals surface area contributed by atoms with Crippen molar-refractivity contribution in [2.45, 2.75) is 18.9 Å². The molecule has 2 aromatic carbocycles. The predicted octanol–water partition coefficient (Wildman–Crippen LogP) is 4.06. The first-order chi connectivity index (χ1) is 11.7. The average molecular weight is 329 g/mol. The summed E-state index contributed by atoms with van der Waals surface area (Å²) >= 11 is 0. The molecule has 0 aromatic heterocycles. The summed E-state index contributed by atoms with van der Waals surface area (Å²) in [5, 5.41) is 8.86. The Hall–Kier alpha value is -2.60. The molecular formula is C18H20FN3O2. The van der Waals surface area contributed by atoms with Gasteiger partial charge in [0.25, 0.3) is 0 Å². The van der Waals surface area contributed by atoms with Crippen LogP contribution in [0.5, 0.6) is 0 Å². The molecule has 2 aromatic rings. The number of ether oxygens (including phenoxy) is 1. The van der Waals surface area contributed by atoms with Crippen molar-refractivity contribution < 1.29 is 13.9 Å². The number of hydrogen-bond donors (Lipinski definition) is 3. The lowest BCUT2D eigenvalue weighted by Crippen LogP contribution is -2.27. The van der Waals surface area contributed by atoms with E-state index in [1.54, 1.807) is 0 Å². The molecule has 126 valence electrons. The van der Waals surface area contributed by atoms with Crippen molar-refractivity contribution in [2.24, 2.45) is 0 Å². The van der Waals surface area contributed by atoms with E-state index in [2.05, 4.69) is 16.0 Å². The summed E-state index contributed by atoms with van der Waals surface area (Å²) < 4.78 is 18.2. The molecule has 1 heterocycles. The molecule has 0 saturated carbocycles. The lowest BCUT2D eigenvalue weighted by molar-refractivity contribution is 0.0904. The molecule has 0 spiro atoms. The van der Waals surface area contributed by atoms with Crippen LogP contribution in [0.15, 0.2) is 48.5 Å². The van der Waals surface area contributed by atoms with E-state index in [1.807, 2.05) is 24.3 Å². The maximum Gasteiger partial charge on any atom is 0.323 e. The third-order valence-corrected chi connectivity index (χ3v) is 3.84. The van der Waals surface area contributed by atoms with Crippen LogP contribution >= 0.6 is 0 Å². The molecule has 1 saturated heterocycles. The molecule has 0 bridgehead atoms. The number of hydrogen-bond acceptors (Lipinski definition) is 3. The molecule has 24 heavy (non-hydrogen) atoms. The highest BCUT2D eigenvalue weighted by Crippen LogP contribution is 2.18. The molecule has 6 heteroatoms. The Morgan fingerprint density at radius 1 is 0.875 bits per heavy atom. The maximum atomic E-state index is 12.8. The summed E-state index contributed by atoms with van der Waals surface area (Å²) in [5.41, 5.74) is 2.24. The topological polar surface area (TPSA) is 62.4 Å². The van der Waals surface area contributed by atoms with Gasteiger partial charge in [-0.2, -0.15) is 0 Å². The van der Waals surface area contributed by atoms with Gasteiger partial charge in [-0.25, -0.2) is 9.18 Å². The van der Waals surface area contributed by atoms with Crippen LogP contribution in [0.25, 0.3) is 0 Å². The summed E-state index contributed by atoms with van der Waals surface area (Å²) in [6.07, 6.45) is 2.00. The first kappa shape index (κ1) is 16.3. The Kier molecular flexibility index (Phi) is 5.28. The number of benzene rings is 2. The van der Waals surface area contributed by atoms with Gasteiger partial charge in [-0.1, -0.05) is 0 Å². The van der Waals surface area contributed by atoms with Gasteiger partial charge in [0.2, 0.25) is 0 Å². The highest BCUT2D eigenvalue weighted by Gasteiger charge is 2.13. The molecule has 1 aliphatic heterocycles. The normalized spacial score (nSPS) is 14.9. The minimum atomic E-state index is -0.369. The Labute approximate surface area is 140 Å². The van der Waals surface area contributed by atoms with Gasteiger partial charge >= 0.3 is 6.03 Å². The van der Waals surface area contributed by atoms with E-state index in [1.165, 1.54) is 24.3 Å². The zero-order chi connectivity index (χ0) is 16.8. The molecule has 3 N–H and O–H groups in total. The first-order valence-electron chi connectivity index (χ1n) is 7.97. The number of carbonyl (C=O) groups is 1. The van der Waals surface area contributed by atoms with Gasteiger partial charge in [0.15, 0.2) is 0 Å². The van der Waals surface area contributed by atoms with E-state index in [0.717, 1.165) is 31.7 Å². The molecule has 0 atom stereocenters. The third-order valence-electron chi connectivity index (χ3n) is 3.84. The number of carbonyl (C=O) groups excluding carboxylic acids is 1. The fourth-order valence-electron chi connectivity index (χ4n) is 2.55. The smallest absolute Gasteiger partial charge is 0.323 e. The van der Waals surface area contributed by atoms with Gasteiger partial charge in [0.05, 0.1) is 0 Å². The standard InChI is InChI=1S/C18H20FN3O2/c19-13-1-3-15(4-2-13)21-18(23)22-16-7-5-14(6-8-16)20-17-9-11-24-12-10-17/h1-8,17,20H,9-12H2,(H2,21,22,23). The van der Waals surface area contributed by atoms with Gasteiger partial charge < -0.3 is 20.7 Å². The monoisotopic (exact) mass is 329 g/mol. The zero-order valence-electron chi connectivity index (χ0n) is 13.2. The molecule has 1 aliphatic rings. The molecule has 0 radical (unpaired) electrons. The van der Waals surface area contributed by atoms with E-state index in [0.29, 0.717) is 17.4 Å². The summed E-state index contributed by atoms with van der Waals surface area (Å²) in [5.74, 6) is -0.339. The van der Waals surface area contributed by atoms with Gasteiger partial charge in [-0.3, -0.25) is 0 Å². The van der Waals surface area contributed by atoms with Crippen molar-refractivity contribution in [1.82, 2.24) is 0 Å². The molecule has 1 fully saturated rings. The zero-order valence-corrected chi connectivity index (χ0v) is 13.2. The van der Waals surface area contributed by atoms with Crippen LogP contribution in [0.2, 0.25) is 0 Å². The van der Waals surface area contributed by atoms with E-state index in [-0.39, 0.29) is 11.8 Å². The lowest BCUT2D eigenvalue weighted by atomic mass is 10.1. The van der Waals surface area contributed by atoms with E-state index < -0.39 is 0 Å². The van der Waals surface area contributed by atoms with Crippen LogP contribution in [0.4, 0.5) is 26.2 Å². The highest BCUT2D eigenvalue weighted by atomic mass is 19.1. The maximum absolute atomic E-state index is 12.8. The van der Waals surface area contributed by atoms with Crippen LogP contribution < -0.4 is 16.0 Å². The van der Waals surface area contributed by atoms with Crippen molar-refractivity contribution in [3.8, 4) is 0 Å². The van der Waals surface area contributed by atoms with E-state index in [9.17, 15) is 9.18 Å². The summed E-state index contributed by atoms with van der Waals surface area (Å²) in [4.78, 5) is 11.9. The lowest BCUT2D eigenvalue weighted by Gasteiger charge is -2.24. The van der Waals surface area contributed by atoms with Crippen LogP contribution in [0.1, 0.15) is 12.8 Å². The molecular weight excluding hydrogens is 309 g/mol. The highest BCUT2D eigenvalue weighted by molar-refractivity contribution is 5.99. The van der Waals surface area contributed by atoms with Crippen LogP contribution in [-0.4, -0.2) is 25.3 Å². The minimum absolute atomic E-state index is 0.339. The van der Waals surface area contributed by atoms with Gasteiger partial charge in [-0.05, 0) is 61.4 Å². The Bertz CT molecular complexity index is 668. The Balaban J connectivity index is 1.51. The van der Waals surface area contributed by atoms with Crippen LogP contribution in [0.3, 0.4) is 0 Å². The van der Waals surface area contributed by atoms with Crippen molar-refractivity contribution in [1.29, 1.82) is 0 Å². The third kappa shape index (κ3) is 4.70. The number of halogens is 1. The van der Waals surface area contributed by atoms with E-state index >= 15 is 0 Å². The quantitative estimate of drug-likeness (QED) is 0.792. The summed E-state index contributed by atoms with van der Waals surface area (Å²) in [6.45, 7) is 1.59. The fourth-order valence-corrected chi connectivity index (χ4v) is 2.55. The number of amides is 2. The van der Waals surface area contributed by atoms with Gasteiger partial charge in [0.1, 0.15) is 5.82 Å². The first-order valence-corrected chi connectivity index (χ1v) is 7.97. The summed E-state index contributed by atoms with van der Waals surface area (Å²) in [7, 11) is 0.